The predicted octanol–water partition coefficient (Wildman–Crippen LogP) is 2.21. The number of carbonyl (C=O) groups is 1. The number of alkyl carbamates (subject to hydrolysis) is 1. The lowest BCUT2D eigenvalue weighted by atomic mass is 10.1. The van der Waals surface area contributed by atoms with Crippen molar-refractivity contribution in [3.8, 4) is 11.8 Å². The summed E-state index contributed by atoms with van der Waals surface area (Å²) in [5, 5.41) is 2.71. The fourth-order valence-corrected chi connectivity index (χ4v) is 3.09. The molecular weight excluding hydrogens is 282 g/mol. The van der Waals surface area contributed by atoms with Gasteiger partial charge in [0, 0.05) is 26.0 Å². The van der Waals surface area contributed by atoms with Gasteiger partial charge in [-0.05, 0) is 37.5 Å². The second-order valence-electron chi connectivity index (χ2n) is 5.76. The highest BCUT2D eigenvalue weighted by molar-refractivity contribution is 5.67. The van der Waals surface area contributed by atoms with Gasteiger partial charge in [0.05, 0.1) is 26.4 Å². The molecule has 0 aromatic rings. The van der Waals surface area contributed by atoms with Gasteiger partial charge >= 0.3 is 6.09 Å². The first-order valence-corrected chi connectivity index (χ1v) is 8.34. The summed E-state index contributed by atoms with van der Waals surface area (Å²) in [7, 11) is 0. The van der Waals surface area contributed by atoms with Crippen LogP contribution in [0.3, 0.4) is 0 Å². The number of fused-ring (bicyclic) bond motifs is 1. The third kappa shape index (κ3) is 5.86. The van der Waals surface area contributed by atoms with Crippen LogP contribution in [0.15, 0.2) is 0 Å². The van der Waals surface area contributed by atoms with E-state index in [1.54, 1.807) is 0 Å². The minimum absolute atomic E-state index is 0.344. The van der Waals surface area contributed by atoms with E-state index in [1.165, 1.54) is 0 Å². The van der Waals surface area contributed by atoms with Gasteiger partial charge in [0.1, 0.15) is 0 Å². The Hall–Kier alpha value is -1.25. The zero-order valence-corrected chi connectivity index (χ0v) is 13.4. The second-order valence-corrected chi connectivity index (χ2v) is 5.76. The van der Waals surface area contributed by atoms with Crippen LogP contribution >= 0.6 is 0 Å². The number of amides is 1. The Labute approximate surface area is 133 Å². The fourth-order valence-electron chi connectivity index (χ4n) is 3.09. The highest BCUT2D eigenvalue weighted by Crippen LogP contribution is 2.52. The Morgan fingerprint density at radius 3 is 2.45 bits per heavy atom. The van der Waals surface area contributed by atoms with E-state index in [1.807, 2.05) is 6.92 Å². The van der Waals surface area contributed by atoms with Crippen molar-refractivity contribution in [3.05, 3.63) is 0 Å². The molecule has 0 aromatic heterocycles. The van der Waals surface area contributed by atoms with E-state index >= 15 is 0 Å². The maximum absolute atomic E-state index is 11.6. The van der Waals surface area contributed by atoms with Crippen molar-refractivity contribution in [2.24, 2.45) is 17.8 Å². The molecule has 124 valence electrons. The Balaban J connectivity index is 1.47. The molecule has 1 unspecified atom stereocenters. The van der Waals surface area contributed by atoms with Crippen LogP contribution in [0, 0.1) is 29.6 Å². The average molecular weight is 309 g/mol. The molecular formula is C17H27NO4. The number of ether oxygens (including phenoxy) is 3. The topological polar surface area (TPSA) is 56.8 Å². The summed E-state index contributed by atoms with van der Waals surface area (Å²) in [5.74, 6) is 8.34. The van der Waals surface area contributed by atoms with Crippen LogP contribution in [0.1, 0.15) is 32.6 Å². The van der Waals surface area contributed by atoms with E-state index in [9.17, 15) is 4.79 Å². The molecule has 3 atom stereocenters. The van der Waals surface area contributed by atoms with Gasteiger partial charge in [-0.25, -0.2) is 4.79 Å². The van der Waals surface area contributed by atoms with E-state index in [2.05, 4.69) is 17.2 Å². The van der Waals surface area contributed by atoms with E-state index in [0.717, 1.165) is 25.7 Å². The number of rotatable bonds is 9. The van der Waals surface area contributed by atoms with E-state index in [-0.39, 0.29) is 6.09 Å². The number of carbonyl (C=O) groups excluding carboxylic acids is 1. The molecule has 22 heavy (non-hydrogen) atoms. The SMILES string of the molecule is CCOCCOCCNC(=O)OCC1[C@H]2CCC#CCC[C@@H]12. The third-order valence-corrected chi connectivity index (χ3v) is 4.34. The first kappa shape index (κ1) is 17.1. The molecule has 1 saturated carbocycles. The molecule has 0 heterocycles. The van der Waals surface area contributed by atoms with Crippen molar-refractivity contribution >= 4 is 6.09 Å². The highest BCUT2D eigenvalue weighted by Gasteiger charge is 2.49. The zero-order valence-electron chi connectivity index (χ0n) is 13.4. The first-order valence-electron chi connectivity index (χ1n) is 8.34. The monoisotopic (exact) mass is 309 g/mol. The summed E-state index contributed by atoms with van der Waals surface area (Å²) in [6.45, 7) is 5.28. The molecule has 1 fully saturated rings. The van der Waals surface area contributed by atoms with Crippen molar-refractivity contribution in [1.29, 1.82) is 0 Å². The normalized spacial score (nSPS) is 26.0. The molecule has 2 rings (SSSR count). The van der Waals surface area contributed by atoms with Crippen molar-refractivity contribution in [1.82, 2.24) is 5.32 Å². The molecule has 0 aliphatic heterocycles. The smallest absolute Gasteiger partial charge is 0.407 e. The van der Waals surface area contributed by atoms with E-state index < -0.39 is 0 Å². The Morgan fingerprint density at radius 1 is 1.09 bits per heavy atom. The van der Waals surface area contributed by atoms with Gasteiger partial charge in [0.25, 0.3) is 0 Å². The summed E-state index contributed by atoms with van der Waals surface area (Å²) >= 11 is 0. The van der Waals surface area contributed by atoms with Gasteiger partial charge in [0.2, 0.25) is 0 Å². The molecule has 0 spiro atoms. The number of hydrogen-bond donors (Lipinski definition) is 1. The van der Waals surface area contributed by atoms with Crippen LogP contribution in [-0.4, -0.2) is 45.7 Å². The molecule has 1 N–H and O–H groups in total. The number of hydrogen-bond acceptors (Lipinski definition) is 4. The molecule has 0 radical (unpaired) electrons. The van der Waals surface area contributed by atoms with Crippen LogP contribution in [0.25, 0.3) is 0 Å². The van der Waals surface area contributed by atoms with Crippen molar-refractivity contribution in [2.45, 2.75) is 32.6 Å². The minimum atomic E-state index is -0.344. The van der Waals surface area contributed by atoms with Gasteiger partial charge in [-0.2, -0.15) is 0 Å². The Morgan fingerprint density at radius 2 is 1.77 bits per heavy atom. The Bertz CT molecular complexity index is 383. The van der Waals surface area contributed by atoms with Crippen molar-refractivity contribution < 1.29 is 19.0 Å². The minimum Gasteiger partial charge on any atom is -0.449 e. The summed E-state index contributed by atoms with van der Waals surface area (Å²) in [6, 6.07) is 0. The summed E-state index contributed by atoms with van der Waals surface area (Å²) < 4.78 is 15.8. The zero-order chi connectivity index (χ0) is 15.6. The molecule has 1 amide bonds. The maximum atomic E-state index is 11.6. The Kier molecular flexibility index (Phi) is 7.55. The van der Waals surface area contributed by atoms with Crippen LogP contribution in [0.4, 0.5) is 4.79 Å². The predicted molar refractivity (Wildman–Crippen MR) is 83.4 cm³/mol. The maximum Gasteiger partial charge on any atom is 0.407 e. The van der Waals surface area contributed by atoms with Gasteiger partial charge in [-0.3, -0.25) is 0 Å². The standard InChI is InChI=1S/C17H27NO4/c1-2-20-11-12-21-10-9-18-17(19)22-13-16-14-7-5-3-4-6-8-15(14)16/h14-16H,2,5-13H2,1H3,(H,18,19)/t14-,15+,16?. The van der Waals surface area contributed by atoms with E-state index in [0.29, 0.717) is 57.3 Å². The number of nitrogens with one attached hydrogen (secondary N) is 1. The molecule has 0 aromatic carbocycles. The van der Waals surface area contributed by atoms with Gasteiger partial charge in [-0.15, -0.1) is 11.8 Å². The van der Waals surface area contributed by atoms with Crippen molar-refractivity contribution in [3.63, 3.8) is 0 Å². The van der Waals surface area contributed by atoms with E-state index in [4.69, 9.17) is 14.2 Å². The van der Waals surface area contributed by atoms with Crippen LogP contribution in [0.2, 0.25) is 0 Å². The summed E-state index contributed by atoms with van der Waals surface area (Å²) in [4.78, 5) is 11.6. The molecule has 5 heteroatoms. The third-order valence-electron chi connectivity index (χ3n) is 4.34. The quantitative estimate of drug-likeness (QED) is 0.524. The van der Waals surface area contributed by atoms with Gasteiger partial charge in [0.15, 0.2) is 0 Å². The van der Waals surface area contributed by atoms with Crippen molar-refractivity contribution in [2.75, 3.05) is 39.6 Å². The first-order chi connectivity index (χ1) is 10.8. The largest absolute Gasteiger partial charge is 0.449 e. The van der Waals surface area contributed by atoms with Crippen LogP contribution in [0.5, 0.6) is 0 Å². The second kappa shape index (κ2) is 9.70. The van der Waals surface area contributed by atoms with Gasteiger partial charge < -0.3 is 19.5 Å². The van der Waals surface area contributed by atoms with Crippen LogP contribution < -0.4 is 5.32 Å². The molecule has 5 nitrogen and oxygen atoms in total. The van der Waals surface area contributed by atoms with Crippen LogP contribution in [-0.2, 0) is 14.2 Å². The molecule has 0 saturated heterocycles. The molecule has 0 bridgehead atoms. The lowest BCUT2D eigenvalue weighted by Gasteiger charge is -2.07. The van der Waals surface area contributed by atoms with Gasteiger partial charge in [-0.1, -0.05) is 0 Å². The molecule has 2 aliphatic carbocycles. The fraction of sp³-hybridized carbons (Fsp3) is 0.824. The lowest BCUT2D eigenvalue weighted by Crippen LogP contribution is -2.29. The lowest BCUT2D eigenvalue weighted by molar-refractivity contribution is 0.0532. The molecule has 2 aliphatic rings. The highest BCUT2D eigenvalue weighted by atomic mass is 16.6. The summed E-state index contributed by atoms with van der Waals surface area (Å²) in [5.41, 5.74) is 0. The average Bonchev–Trinajstić information content (AvgIpc) is 3.14. The summed E-state index contributed by atoms with van der Waals surface area (Å²) in [6.07, 6.45) is 3.94.